The van der Waals surface area contributed by atoms with Crippen LogP contribution >= 0.6 is 0 Å². The Bertz CT molecular complexity index is 513. The third-order valence-electron chi connectivity index (χ3n) is 2.39. The first-order valence-corrected chi connectivity index (χ1v) is 4.35. The van der Waals surface area contributed by atoms with Crippen molar-refractivity contribution in [2.45, 2.75) is 13.8 Å². The van der Waals surface area contributed by atoms with Gasteiger partial charge >= 0.3 is 0 Å². The molecule has 72 valence electrons. The van der Waals surface area contributed by atoms with Gasteiger partial charge in [-0.2, -0.15) is 0 Å². The number of rotatable bonds is 1. The van der Waals surface area contributed by atoms with Crippen molar-refractivity contribution in [1.82, 2.24) is 9.38 Å². The summed E-state index contributed by atoms with van der Waals surface area (Å²) in [5.74, 6) is -0.444. The van der Waals surface area contributed by atoms with Crippen LogP contribution in [0.3, 0.4) is 0 Å². The van der Waals surface area contributed by atoms with Crippen LogP contribution in [0.25, 0.3) is 5.65 Å². The maximum Gasteiger partial charge on any atom is 0.252 e. The number of nitrogens with zero attached hydrogens (tertiary/aromatic N) is 2. The molecular weight excluding hydrogens is 178 g/mol. The molecule has 0 radical (unpaired) electrons. The van der Waals surface area contributed by atoms with E-state index in [9.17, 15) is 4.79 Å². The van der Waals surface area contributed by atoms with Crippen molar-refractivity contribution in [2.24, 2.45) is 5.73 Å². The molecule has 0 aliphatic rings. The van der Waals surface area contributed by atoms with Gasteiger partial charge in [0.25, 0.3) is 5.91 Å². The van der Waals surface area contributed by atoms with E-state index in [4.69, 9.17) is 5.73 Å². The zero-order chi connectivity index (χ0) is 10.3. The van der Waals surface area contributed by atoms with Crippen LogP contribution in [0.1, 0.15) is 21.7 Å². The highest BCUT2D eigenvalue weighted by Crippen LogP contribution is 2.14. The summed E-state index contributed by atoms with van der Waals surface area (Å²) in [6.45, 7) is 3.87. The van der Waals surface area contributed by atoms with E-state index >= 15 is 0 Å². The quantitative estimate of drug-likeness (QED) is 0.728. The molecule has 2 N–H and O–H groups in total. The van der Waals surface area contributed by atoms with E-state index in [-0.39, 0.29) is 0 Å². The summed E-state index contributed by atoms with van der Waals surface area (Å²) in [5.41, 5.74) is 8.29. The Balaban J connectivity index is 2.88. The zero-order valence-electron chi connectivity index (χ0n) is 8.11. The van der Waals surface area contributed by atoms with Crippen LogP contribution in [0, 0.1) is 13.8 Å². The zero-order valence-corrected chi connectivity index (χ0v) is 8.11. The minimum absolute atomic E-state index is 0.444. The minimum Gasteiger partial charge on any atom is -0.365 e. The molecule has 0 bridgehead atoms. The van der Waals surface area contributed by atoms with E-state index < -0.39 is 5.91 Å². The fraction of sp³-hybridized carbons (Fsp3) is 0.200. The Hall–Kier alpha value is -1.84. The number of imidazole rings is 1. The molecule has 4 heteroatoms. The predicted octanol–water partition coefficient (Wildman–Crippen LogP) is 1.05. The van der Waals surface area contributed by atoms with Crippen LogP contribution in [-0.4, -0.2) is 15.3 Å². The Kier molecular flexibility index (Phi) is 1.77. The van der Waals surface area contributed by atoms with Crippen LogP contribution in [0.5, 0.6) is 0 Å². The molecule has 0 saturated carbocycles. The molecule has 2 aromatic rings. The maximum absolute atomic E-state index is 11.1. The van der Waals surface area contributed by atoms with Gasteiger partial charge in [0.2, 0.25) is 0 Å². The van der Waals surface area contributed by atoms with Crippen molar-refractivity contribution in [3.05, 3.63) is 35.3 Å². The van der Waals surface area contributed by atoms with E-state index in [1.54, 1.807) is 12.1 Å². The van der Waals surface area contributed by atoms with E-state index in [0.29, 0.717) is 11.2 Å². The molecule has 0 atom stereocenters. The fourth-order valence-electron chi connectivity index (χ4n) is 1.49. The lowest BCUT2D eigenvalue weighted by Gasteiger charge is -1.99. The number of hydrogen-bond acceptors (Lipinski definition) is 2. The van der Waals surface area contributed by atoms with Gasteiger partial charge in [-0.3, -0.25) is 4.79 Å². The highest BCUT2D eigenvalue weighted by atomic mass is 16.1. The number of pyridine rings is 1. The van der Waals surface area contributed by atoms with E-state index in [2.05, 4.69) is 4.98 Å². The summed E-state index contributed by atoms with van der Waals surface area (Å²) in [4.78, 5) is 15.4. The monoisotopic (exact) mass is 189 g/mol. The number of carbonyl (C=O) groups excluding carboxylic acids is 1. The van der Waals surface area contributed by atoms with Gasteiger partial charge in [-0.1, -0.05) is 0 Å². The molecule has 0 saturated heterocycles. The SMILES string of the molecule is Cc1nc2c(C(N)=O)cccn2c1C. The molecule has 2 heterocycles. The van der Waals surface area contributed by atoms with Crippen LogP contribution in [0.15, 0.2) is 18.3 Å². The second kappa shape index (κ2) is 2.83. The Morgan fingerprint density at radius 2 is 2.21 bits per heavy atom. The number of fused-ring (bicyclic) bond motifs is 1. The smallest absolute Gasteiger partial charge is 0.252 e. The van der Waals surface area contributed by atoms with Crippen LogP contribution in [0.2, 0.25) is 0 Å². The van der Waals surface area contributed by atoms with E-state index in [0.717, 1.165) is 11.4 Å². The van der Waals surface area contributed by atoms with Crippen molar-refractivity contribution in [3.63, 3.8) is 0 Å². The van der Waals surface area contributed by atoms with E-state index in [1.165, 1.54) is 0 Å². The molecule has 0 unspecified atom stereocenters. The number of amides is 1. The van der Waals surface area contributed by atoms with Gasteiger partial charge in [0.15, 0.2) is 0 Å². The molecule has 0 aliphatic heterocycles. The van der Waals surface area contributed by atoms with Crippen LogP contribution in [-0.2, 0) is 0 Å². The molecule has 0 aliphatic carbocycles. The topological polar surface area (TPSA) is 60.4 Å². The Morgan fingerprint density at radius 3 is 2.86 bits per heavy atom. The van der Waals surface area contributed by atoms with Gasteiger partial charge in [-0.25, -0.2) is 4.98 Å². The van der Waals surface area contributed by atoms with Gasteiger partial charge in [-0.05, 0) is 26.0 Å². The molecular formula is C10H11N3O. The first kappa shape index (κ1) is 8.74. The van der Waals surface area contributed by atoms with Gasteiger partial charge in [0.1, 0.15) is 5.65 Å². The summed E-state index contributed by atoms with van der Waals surface area (Å²) < 4.78 is 1.87. The highest BCUT2D eigenvalue weighted by molar-refractivity contribution is 5.98. The lowest BCUT2D eigenvalue weighted by atomic mass is 10.2. The third kappa shape index (κ3) is 1.08. The molecule has 4 nitrogen and oxygen atoms in total. The number of primary amides is 1. The molecule has 0 aromatic carbocycles. The average Bonchev–Trinajstić information content (AvgIpc) is 2.43. The van der Waals surface area contributed by atoms with Crippen molar-refractivity contribution in [2.75, 3.05) is 0 Å². The maximum atomic E-state index is 11.1. The summed E-state index contributed by atoms with van der Waals surface area (Å²) in [6, 6.07) is 3.48. The lowest BCUT2D eigenvalue weighted by Crippen LogP contribution is -2.12. The summed E-state index contributed by atoms with van der Waals surface area (Å²) in [7, 11) is 0. The number of aromatic nitrogens is 2. The largest absolute Gasteiger partial charge is 0.365 e. The molecule has 1 amide bonds. The van der Waals surface area contributed by atoms with E-state index in [1.807, 2.05) is 24.4 Å². The minimum atomic E-state index is -0.444. The predicted molar refractivity (Wildman–Crippen MR) is 53.2 cm³/mol. The number of carbonyl (C=O) groups is 1. The second-order valence-electron chi connectivity index (χ2n) is 3.26. The van der Waals surface area contributed by atoms with Gasteiger partial charge in [0.05, 0.1) is 11.3 Å². The summed E-state index contributed by atoms with van der Waals surface area (Å²) >= 11 is 0. The van der Waals surface area contributed by atoms with Crippen molar-refractivity contribution in [3.8, 4) is 0 Å². The number of hydrogen-bond donors (Lipinski definition) is 1. The summed E-state index contributed by atoms with van der Waals surface area (Å²) in [6.07, 6.45) is 1.87. The van der Waals surface area contributed by atoms with Crippen molar-refractivity contribution < 1.29 is 4.79 Å². The standard InChI is InChI=1S/C10H11N3O/c1-6-7(2)13-5-3-4-8(9(11)14)10(13)12-6/h3-5H,1-2H3,(H2,11,14). The number of nitrogens with two attached hydrogens (primary N) is 1. The molecule has 2 aromatic heterocycles. The van der Waals surface area contributed by atoms with Gasteiger partial charge in [-0.15, -0.1) is 0 Å². The summed E-state index contributed by atoms with van der Waals surface area (Å²) in [5, 5.41) is 0. The van der Waals surface area contributed by atoms with Gasteiger partial charge in [0, 0.05) is 11.9 Å². The van der Waals surface area contributed by atoms with Crippen molar-refractivity contribution in [1.29, 1.82) is 0 Å². The molecule has 2 rings (SSSR count). The molecule has 0 fully saturated rings. The second-order valence-corrected chi connectivity index (χ2v) is 3.26. The lowest BCUT2D eigenvalue weighted by molar-refractivity contribution is 0.100. The van der Waals surface area contributed by atoms with Crippen LogP contribution in [0.4, 0.5) is 0 Å². The Morgan fingerprint density at radius 1 is 1.50 bits per heavy atom. The van der Waals surface area contributed by atoms with Crippen molar-refractivity contribution >= 4 is 11.6 Å². The normalized spacial score (nSPS) is 10.7. The first-order valence-electron chi connectivity index (χ1n) is 4.35. The molecule has 0 spiro atoms. The highest BCUT2D eigenvalue weighted by Gasteiger charge is 2.11. The molecule has 14 heavy (non-hydrogen) atoms. The average molecular weight is 189 g/mol. The number of aryl methyl sites for hydroxylation is 2. The van der Waals surface area contributed by atoms with Crippen LogP contribution < -0.4 is 5.73 Å². The third-order valence-corrected chi connectivity index (χ3v) is 2.39. The fourth-order valence-corrected chi connectivity index (χ4v) is 1.49. The Labute approximate surface area is 81.4 Å². The van der Waals surface area contributed by atoms with Gasteiger partial charge < -0.3 is 10.1 Å². The first-order chi connectivity index (χ1) is 6.61.